The number of hydrogen-bond acceptors (Lipinski definition) is 3. The molecule has 2 aliphatic rings. The van der Waals surface area contributed by atoms with Crippen molar-refractivity contribution in [2.45, 2.75) is 30.4 Å². The van der Waals surface area contributed by atoms with Gasteiger partial charge in [0.05, 0.1) is 4.75 Å². The predicted molar refractivity (Wildman–Crippen MR) is 97.1 cm³/mol. The van der Waals surface area contributed by atoms with Crippen LogP contribution in [0.1, 0.15) is 25.0 Å². The first-order valence-electron chi connectivity index (χ1n) is 7.89. The van der Waals surface area contributed by atoms with Crippen molar-refractivity contribution in [2.75, 3.05) is 10.2 Å². The van der Waals surface area contributed by atoms with Crippen molar-refractivity contribution in [3.05, 3.63) is 59.7 Å². The smallest absolute Gasteiger partial charge is 0.266 e. The van der Waals surface area contributed by atoms with Gasteiger partial charge in [-0.15, -0.1) is 11.8 Å². The molecule has 1 spiro atoms. The van der Waals surface area contributed by atoms with E-state index in [0.717, 1.165) is 22.5 Å². The SMILES string of the molecule is Cc1ccc(N2C(=O)C(C)(C)SC23C(=O)Nc2ccccc23)cc1. The van der Waals surface area contributed by atoms with Gasteiger partial charge in [0.15, 0.2) is 0 Å². The van der Waals surface area contributed by atoms with Crippen molar-refractivity contribution in [3.63, 3.8) is 0 Å². The van der Waals surface area contributed by atoms with Gasteiger partial charge in [0.1, 0.15) is 0 Å². The van der Waals surface area contributed by atoms with E-state index in [4.69, 9.17) is 0 Å². The van der Waals surface area contributed by atoms with E-state index in [1.54, 1.807) is 4.90 Å². The third kappa shape index (κ3) is 1.88. The molecule has 24 heavy (non-hydrogen) atoms. The lowest BCUT2D eigenvalue weighted by Gasteiger charge is -2.32. The second kappa shape index (κ2) is 4.86. The molecule has 4 nitrogen and oxygen atoms in total. The maximum absolute atomic E-state index is 13.2. The van der Waals surface area contributed by atoms with Gasteiger partial charge in [-0.1, -0.05) is 35.9 Å². The lowest BCUT2D eigenvalue weighted by Crippen LogP contribution is -2.47. The van der Waals surface area contributed by atoms with E-state index in [1.165, 1.54) is 11.8 Å². The molecule has 4 rings (SSSR count). The van der Waals surface area contributed by atoms with Gasteiger partial charge in [-0.25, -0.2) is 0 Å². The van der Waals surface area contributed by atoms with Gasteiger partial charge < -0.3 is 5.32 Å². The number of fused-ring (bicyclic) bond motifs is 2. The molecule has 1 fully saturated rings. The first-order chi connectivity index (χ1) is 11.4. The second-order valence-electron chi connectivity index (χ2n) is 6.73. The molecule has 1 N–H and O–H groups in total. The van der Waals surface area contributed by atoms with Crippen LogP contribution < -0.4 is 10.2 Å². The van der Waals surface area contributed by atoms with E-state index in [2.05, 4.69) is 5.32 Å². The summed E-state index contributed by atoms with van der Waals surface area (Å²) in [6.45, 7) is 5.76. The molecule has 1 saturated heterocycles. The van der Waals surface area contributed by atoms with Crippen molar-refractivity contribution >= 4 is 35.0 Å². The number of thioether (sulfide) groups is 1. The number of rotatable bonds is 1. The zero-order chi connectivity index (χ0) is 17.1. The molecule has 2 aliphatic heterocycles. The Labute approximate surface area is 145 Å². The highest BCUT2D eigenvalue weighted by Crippen LogP contribution is 2.59. The Balaban J connectivity index is 1.97. The summed E-state index contributed by atoms with van der Waals surface area (Å²) in [4.78, 5) is 26.8. The van der Waals surface area contributed by atoms with E-state index < -0.39 is 9.62 Å². The number of hydrogen-bond donors (Lipinski definition) is 1. The van der Waals surface area contributed by atoms with Crippen molar-refractivity contribution in [1.29, 1.82) is 0 Å². The van der Waals surface area contributed by atoms with Gasteiger partial charge in [0.25, 0.3) is 5.91 Å². The van der Waals surface area contributed by atoms with Crippen LogP contribution in [0.15, 0.2) is 48.5 Å². The van der Waals surface area contributed by atoms with Crippen LogP contribution in [0.4, 0.5) is 11.4 Å². The maximum Gasteiger partial charge on any atom is 0.266 e. The molecule has 1 unspecified atom stereocenters. The van der Waals surface area contributed by atoms with E-state index in [1.807, 2.05) is 69.3 Å². The lowest BCUT2D eigenvalue weighted by molar-refractivity contribution is -0.123. The summed E-state index contributed by atoms with van der Waals surface area (Å²) < 4.78 is -0.681. The first-order valence-corrected chi connectivity index (χ1v) is 8.70. The number of nitrogens with zero attached hydrogens (tertiary/aromatic N) is 1. The van der Waals surface area contributed by atoms with Gasteiger partial charge in [-0.3, -0.25) is 14.5 Å². The standard InChI is InChI=1S/C19H18N2O2S/c1-12-8-10-13(11-9-12)21-17(23)18(2,3)24-19(21)14-6-4-5-7-15(14)20-16(19)22/h4-11H,1-3H3,(H,20,22). The topological polar surface area (TPSA) is 49.4 Å². The van der Waals surface area contributed by atoms with Crippen LogP contribution in [-0.2, 0) is 14.5 Å². The number of carbonyl (C=O) groups excluding carboxylic acids is 2. The lowest BCUT2D eigenvalue weighted by atomic mass is 10.0. The van der Waals surface area contributed by atoms with E-state index >= 15 is 0 Å². The largest absolute Gasteiger partial charge is 0.323 e. The summed E-state index contributed by atoms with van der Waals surface area (Å²) in [5.74, 6) is -0.212. The predicted octanol–water partition coefficient (Wildman–Crippen LogP) is 3.66. The number of carbonyl (C=O) groups is 2. The molecule has 5 heteroatoms. The van der Waals surface area contributed by atoms with E-state index in [-0.39, 0.29) is 11.8 Å². The molecule has 0 radical (unpaired) electrons. The highest BCUT2D eigenvalue weighted by atomic mass is 32.2. The Bertz CT molecular complexity index is 860. The Morgan fingerprint density at radius 2 is 1.67 bits per heavy atom. The molecule has 2 aromatic carbocycles. The fourth-order valence-electron chi connectivity index (χ4n) is 3.40. The molecule has 2 amide bonds. The molecule has 0 bridgehead atoms. The monoisotopic (exact) mass is 338 g/mol. The zero-order valence-corrected chi connectivity index (χ0v) is 14.6. The third-order valence-electron chi connectivity index (χ3n) is 4.58. The molecule has 2 aromatic rings. The third-order valence-corrected chi connectivity index (χ3v) is 6.14. The van der Waals surface area contributed by atoms with Crippen LogP contribution in [0.25, 0.3) is 0 Å². The molecular weight excluding hydrogens is 320 g/mol. The normalized spacial score (nSPS) is 24.4. The number of amides is 2. The highest BCUT2D eigenvalue weighted by Gasteiger charge is 2.64. The number of benzene rings is 2. The second-order valence-corrected chi connectivity index (χ2v) is 8.55. The van der Waals surface area contributed by atoms with Crippen molar-refractivity contribution in [3.8, 4) is 0 Å². The molecule has 0 aliphatic carbocycles. The van der Waals surface area contributed by atoms with Gasteiger partial charge in [0.2, 0.25) is 10.8 Å². The minimum atomic E-state index is -1.05. The average Bonchev–Trinajstić information content (AvgIpc) is 2.93. The summed E-state index contributed by atoms with van der Waals surface area (Å²) in [5.41, 5.74) is 3.48. The Morgan fingerprint density at radius 1 is 1.00 bits per heavy atom. The zero-order valence-electron chi connectivity index (χ0n) is 13.8. The summed E-state index contributed by atoms with van der Waals surface area (Å²) in [6, 6.07) is 15.3. The Hall–Kier alpha value is -2.27. The molecule has 2 heterocycles. The number of para-hydroxylation sites is 1. The average molecular weight is 338 g/mol. The van der Waals surface area contributed by atoms with Gasteiger partial charge in [-0.05, 0) is 39.0 Å². The minimum absolute atomic E-state index is 0.0526. The van der Waals surface area contributed by atoms with Crippen molar-refractivity contribution in [2.24, 2.45) is 0 Å². The van der Waals surface area contributed by atoms with Crippen LogP contribution in [0.2, 0.25) is 0 Å². The molecular formula is C19H18N2O2S. The summed E-state index contributed by atoms with van der Waals surface area (Å²) in [6.07, 6.45) is 0. The molecule has 0 aromatic heterocycles. The van der Waals surface area contributed by atoms with E-state index in [0.29, 0.717) is 0 Å². The Morgan fingerprint density at radius 3 is 2.38 bits per heavy atom. The van der Waals surface area contributed by atoms with Crippen LogP contribution >= 0.6 is 11.8 Å². The van der Waals surface area contributed by atoms with Crippen LogP contribution in [0.5, 0.6) is 0 Å². The van der Waals surface area contributed by atoms with Gasteiger partial charge in [-0.2, -0.15) is 0 Å². The van der Waals surface area contributed by atoms with Crippen LogP contribution in [0.3, 0.4) is 0 Å². The number of nitrogens with one attached hydrogen (secondary N) is 1. The first kappa shape index (κ1) is 15.3. The van der Waals surface area contributed by atoms with E-state index in [9.17, 15) is 9.59 Å². The van der Waals surface area contributed by atoms with Crippen LogP contribution in [-0.4, -0.2) is 16.6 Å². The quantitative estimate of drug-likeness (QED) is 0.863. The van der Waals surface area contributed by atoms with Crippen LogP contribution in [0, 0.1) is 6.92 Å². The summed E-state index contributed by atoms with van der Waals surface area (Å²) in [7, 11) is 0. The van der Waals surface area contributed by atoms with Gasteiger partial charge in [0, 0.05) is 16.9 Å². The summed E-state index contributed by atoms with van der Waals surface area (Å²) in [5, 5.41) is 2.95. The fourth-order valence-corrected chi connectivity index (χ4v) is 5.03. The van der Waals surface area contributed by atoms with Crippen molar-refractivity contribution in [1.82, 2.24) is 0 Å². The maximum atomic E-state index is 13.2. The van der Waals surface area contributed by atoms with Gasteiger partial charge >= 0.3 is 0 Å². The molecule has 122 valence electrons. The Kier molecular flexibility index (Phi) is 3.09. The summed E-state index contributed by atoms with van der Waals surface area (Å²) >= 11 is 1.41. The highest BCUT2D eigenvalue weighted by molar-refractivity contribution is 8.03. The molecule has 1 atom stereocenters. The molecule has 0 saturated carbocycles. The van der Waals surface area contributed by atoms with Crippen molar-refractivity contribution < 1.29 is 9.59 Å². The minimum Gasteiger partial charge on any atom is -0.323 e. The fraction of sp³-hybridized carbons (Fsp3) is 0.263. The number of anilines is 2. The number of aryl methyl sites for hydroxylation is 1.